The molecule has 0 fully saturated rings. The smallest absolute Gasteiger partial charge is 0.253 e. The van der Waals surface area contributed by atoms with Gasteiger partial charge in [-0.2, -0.15) is 0 Å². The molecule has 0 radical (unpaired) electrons. The fourth-order valence-electron chi connectivity index (χ4n) is 1.59. The lowest BCUT2D eigenvalue weighted by molar-refractivity contribution is 0.0760. The van der Waals surface area contributed by atoms with Crippen LogP contribution >= 0.6 is 12.2 Å². The standard InChI is InChI=1S/C13H18N2OS/c1-2-9-15(10-8-12(14)17)13(16)11-6-4-3-5-7-11/h3-7H,2,8-10H2,1H3,(H2,14,17). The molecule has 1 aromatic rings. The molecule has 0 unspecified atom stereocenters. The summed E-state index contributed by atoms with van der Waals surface area (Å²) in [6.45, 7) is 3.37. The van der Waals surface area contributed by atoms with Gasteiger partial charge in [0, 0.05) is 25.1 Å². The second-order valence-electron chi connectivity index (χ2n) is 3.87. The Morgan fingerprint density at radius 3 is 2.47 bits per heavy atom. The molecule has 17 heavy (non-hydrogen) atoms. The van der Waals surface area contributed by atoms with E-state index in [2.05, 4.69) is 0 Å². The van der Waals surface area contributed by atoms with Gasteiger partial charge in [0.25, 0.3) is 5.91 Å². The molecule has 0 saturated heterocycles. The zero-order chi connectivity index (χ0) is 12.7. The number of carbonyl (C=O) groups is 1. The Morgan fingerprint density at radius 1 is 1.29 bits per heavy atom. The topological polar surface area (TPSA) is 46.3 Å². The zero-order valence-corrected chi connectivity index (χ0v) is 10.9. The van der Waals surface area contributed by atoms with E-state index >= 15 is 0 Å². The van der Waals surface area contributed by atoms with E-state index in [9.17, 15) is 4.79 Å². The van der Waals surface area contributed by atoms with Crippen molar-refractivity contribution in [1.82, 2.24) is 4.90 Å². The fraction of sp³-hybridized carbons (Fsp3) is 0.385. The van der Waals surface area contributed by atoms with Gasteiger partial charge in [-0.15, -0.1) is 0 Å². The molecule has 92 valence electrons. The number of benzene rings is 1. The quantitative estimate of drug-likeness (QED) is 0.787. The maximum absolute atomic E-state index is 12.2. The Kier molecular flexibility index (Phi) is 5.63. The minimum Gasteiger partial charge on any atom is -0.393 e. The van der Waals surface area contributed by atoms with Crippen LogP contribution in [0, 0.1) is 0 Å². The first-order chi connectivity index (χ1) is 8.15. The Labute approximate surface area is 108 Å². The van der Waals surface area contributed by atoms with Crippen LogP contribution in [0.4, 0.5) is 0 Å². The Morgan fingerprint density at radius 2 is 1.94 bits per heavy atom. The number of hydrogen-bond donors (Lipinski definition) is 1. The minimum atomic E-state index is 0.0451. The van der Waals surface area contributed by atoms with Crippen LogP contribution in [0.3, 0.4) is 0 Å². The van der Waals surface area contributed by atoms with E-state index in [1.54, 1.807) is 4.90 Å². The second-order valence-corrected chi connectivity index (χ2v) is 4.40. The van der Waals surface area contributed by atoms with Crippen molar-refractivity contribution in [2.75, 3.05) is 13.1 Å². The van der Waals surface area contributed by atoms with Crippen LogP contribution in [-0.4, -0.2) is 28.9 Å². The summed E-state index contributed by atoms with van der Waals surface area (Å²) in [5.41, 5.74) is 6.18. The summed E-state index contributed by atoms with van der Waals surface area (Å²) in [6, 6.07) is 9.28. The number of nitrogens with zero attached hydrogens (tertiary/aromatic N) is 1. The third-order valence-electron chi connectivity index (χ3n) is 2.43. The molecule has 0 aliphatic rings. The minimum absolute atomic E-state index is 0.0451. The highest BCUT2D eigenvalue weighted by Gasteiger charge is 2.14. The van der Waals surface area contributed by atoms with Gasteiger partial charge in [0.1, 0.15) is 0 Å². The van der Waals surface area contributed by atoms with Gasteiger partial charge < -0.3 is 10.6 Å². The lowest BCUT2D eigenvalue weighted by atomic mass is 10.2. The number of hydrogen-bond acceptors (Lipinski definition) is 2. The van der Waals surface area contributed by atoms with E-state index in [4.69, 9.17) is 18.0 Å². The van der Waals surface area contributed by atoms with Gasteiger partial charge in [0.2, 0.25) is 0 Å². The van der Waals surface area contributed by atoms with Gasteiger partial charge in [-0.05, 0) is 18.6 Å². The molecule has 0 spiro atoms. The molecule has 0 aliphatic carbocycles. The zero-order valence-electron chi connectivity index (χ0n) is 10.1. The summed E-state index contributed by atoms with van der Waals surface area (Å²) in [7, 11) is 0. The molecule has 0 aromatic heterocycles. The molecule has 1 amide bonds. The average Bonchev–Trinajstić information content (AvgIpc) is 2.34. The molecule has 0 heterocycles. The van der Waals surface area contributed by atoms with E-state index in [1.165, 1.54) is 0 Å². The molecular formula is C13H18N2OS. The first-order valence-electron chi connectivity index (χ1n) is 5.77. The van der Waals surface area contributed by atoms with Gasteiger partial charge in [-0.1, -0.05) is 37.3 Å². The fourth-order valence-corrected chi connectivity index (χ4v) is 1.68. The van der Waals surface area contributed by atoms with Gasteiger partial charge >= 0.3 is 0 Å². The SMILES string of the molecule is CCCN(CCC(N)=S)C(=O)c1ccccc1. The Balaban J connectivity index is 2.69. The van der Waals surface area contributed by atoms with Crippen molar-refractivity contribution in [3.63, 3.8) is 0 Å². The van der Waals surface area contributed by atoms with Crippen LogP contribution < -0.4 is 5.73 Å². The van der Waals surface area contributed by atoms with Crippen molar-refractivity contribution in [2.24, 2.45) is 5.73 Å². The summed E-state index contributed by atoms with van der Waals surface area (Å²) in [4.78, 5) is 14.4. The van der Waals surface area contributed by atoms with Gasteiger partial charge in [0.05, 0.1) is 4.99 Å². The normalized spacial score (nSPS) is 9.94. The first-order valence-corrected chi connectivity index (χ1v) is 6.18. The molecule has 3 nitrogen and oxygen atoms in total. The van der Waals surface area contributed by atoms with Crippen LogP contribution in [0.25, 0.3) is 0 Å². The largest absolute Gasteiger partial charge is 0.393 e. The Bertz CT molecular complexity index is 378. The van der Waals surface area contributed by atoms with E-state index in [0.717, 1.165) is 13.0 Å². The van der Waals surface area contributed by atoms with Crippen molar-refractivity contribution in [1.29, 1.82) is 0 Å². The summed E-state index contributed by atoms with van der Waals surface area (Å²) >= 11 is 4.84. The maximum Gasteiger partial charge on any atom is 0.253 e. The lowest BCUT2D eigenvalue weighted by Crippen LogP contribution is -2.34. The number of rotatable bonds is 6. The van der Waals surface area contributed by atoms with Gasteiger partial charge in [0.15, 0.2) is 0 Å². The van der Waals surface area contributed by atoms with E-state index in [1.807, 2.05) is 37.3 Å². The highest BCUT2D eigenvalue weighted by molar-refractivity contribution is 7.80. The predicted octanol–water partition coefficient (Wildman–Crippen LogP) is 2.22. The third-order valence-corrected chi connectivity index (χ3v) is 2.63. The van der Waals surface area contributed by atoms with Crippen molar-refractivity contribution in [3.8, 4) is 0 Å². The molecule has 4 heteroatoms. The Hall–Kier alpha value is -1.42. The van der Waals surface area contributed by atoms with Crippen molar-refractivity contribution in [3.05, 3.63) is 35.9 Å². The number of amides is 1. The molecule has 1 aromatic carbocycles. The molecule has 0 saturated carbocycles. The van der Waals surface area contributed by atoms with Gasteiger partial charge in [-0.25, -0.2) is 0 Å². The van der Waals surface area contributed by atoms with Gasteiger partial charge in [-0.3, -0.25) is 4.79 Å². The second kappa shape index (κ2) is 7.01. The molecule has 0 bridgehead atoms. The van der Waals surface area contributed by atoms with Crippen LogP contribution in [0.2, 0.25) is 0 Å². The third kappa shape index (κ3) is 4.53. The summed E-state index contributed by atoms with van der Waals surface area (Å²) in [6.07, 6.45) is 1.50. The van der Waals surface area contributed by atoms with Crippen molar-refractivity contribution < 1.29 is 4.79 Å². The highest BCUT2D eigenvalue weighted by atomic mass is 32.1. The maximum atomic E-state index is 12.2. The van der Waals surface area contributed by atoms with Crippen LogP contribution in [0.15, 0.2) is 30.3 Å². The first kappa shape index (κ1) is 13.6. The molecule has 1 rings (SSSR count). The number of nitrogens with two attached hydrogens (primary N) is 1. The lowest BCUT2D eigenvalue weighted by Gasteiger charge is -2.21. The van der Waals surface area contributed by atoms with E-state index in [0.29, 0.717) is 23.5 Å². The molecule has 0 atom stereocenters. The summed E-state index contributed by atoms with van der Waals surface area (Å²) < 4.78 is 0. The van der Waals surface area contributed by atoms with E-state index < -0.39 is 0 Å². The average molecular weight is 250 g/mol. The van der Waals surface area contributed by atoms with Crippen LogP contribution in [0.5, 0.6) is 0 Å². The molecule has 2 N–H and O–H groups in total. The highest BCUT2D eigenvalue weighted by Crippen LogP contribution is 2.06. The molecular weight excluding hydrogens is 232 g/mol. The number of carbonyl (C=O) groups excluding carboxylic acids is 1. The summed E-state index contributed by atoms with van der Waals surface area (Å²) in [5.74, 6) is 0.0451. The summed E-state index contributed by atoms with van der Waals surface area (Å²) in [5, 5.41) is 0. The predicted molar refractivity (Wildman–Crippen MR) is 74.0 cm³/mol. The molecule has 0 aliphatic heterocycles. The monoisotopic (exact) mass is 250 g/mol. The van der Waals surface area contributed by atoms with Crippen LogP contribution in [-0.2, 0) is 0 Å². The van der Waals surface area contributed by atoms with Crippen molar-refractivity contribution in [2.45, 2.75) is 19.8 Å². The number of thiocarbonyl (C=S) groups is 1. The van der Waals surface area contributed by atoms with E-state index in [-0.39, 0.29) is 5.91 Å². The van der Waals surface area contributed by atoms with Crippen molar-refractivity contribution >= 4 is 23.1 Å². The van der Waals surface area contributed by atoms with Crippen LogP contribution in [0.1, 0.15) is 30.1 Å².